The van der Waals surface area contributed by atoms with E-state index < -0.39 is 4.92 Å². The molecule has 7 heteroatoms. The molecule has 0 atom stereocenters. The molecule has 23 heavy (non-hydrogen) atoms. The first-order valence-electron chi connectivity index (χ1n) is 6.89. The second-order valence-corrected chi connectivity index (χ2v) is 4.92. The van der Waals surface area contributed by atoms with Crippen molar-refractivity contribution in [3.05, 3.63) is 70.1 Å². The number of non-ortho nitro benzene ring substituents is 1. The van der Waals surface area contributed by atoms with Crippen LogP contribution in [-0.2, 0) is 6.61 Å². The molecule has 0 radical (unpaired) electrons. The minimum Gasteiger partial charge on any atom is -0.484 e. The Morgan fingerprint density at radius 1 is 1.22 bits per heavy atom. The first kappa shape index (κ1) is 14.7. The minimum atomic E-state index is -0.457. The SMILES string of the molecule is Cc1cccc(OCc2nc(-c3ccc([N+](=O)[O-])cc3)no2)c1. The summed E-state index contributed by atoms with van der Waals surface area (Å²) in [5, 5.41) is 14.5. The van der Waals surface area contributed by atoms with Crippen molar-refractivity contribution in [3.63, 3.8) is 0 Å². The average Bonchev–Trinajstić information content (AvgIpc) is 3.02. The predicted octanol–water partition coefficient (Wildman–Crippen LogP) is 3.53. The Balaban J connectivity index is 1.69. The van der Waals surface area contributed by atoms with Gasteiger partial charge >= 0.3 is 0 Å². The van der Waals surface area contributed by atoms with Crippen molar-refractivity contribution >= 4 is 5.69 Å². The fourth-order valence-electron chi connectivity index (χ4n) is 2.01. The van der Waals surface area contributed by atoms with Gasteiger partial charge in [0.2, 0.25) is 5.82 Å². The van der Waals surface area contributed by atoms with Gasteiger partial charge in [0.1, 0.15) is 5.75 Å². The van der Waals surface area contributed by atoms with Crippen LogP contribution in [-0.4, -0.2) is 15.1 Å². The second kappa shape index (κ2) is 6.27. The van der Waals surface area contributed by atoms with E-state index in [1.165, 1.54) is 12.1 Å². The summed E-state index contributed by atoms with van der Waals surface area (Å²) in [5.74, 6) is 1.42. The summed E-state index contributed by atoms with van der Waals surface area (Å²) in [6.45, 7) is 2.13. The van der Waals surface area contributed by atoms with Crippen LogP contribution in [0.3, 0.4) is 0 Å². The van der Waals surface area contributed by atoms with Crippen LogP contribution < -0.4 is 4.74 Å². The molecule has 0 aliphatic rings. The molecule has 1 aromatic heterocycles. The number of aryl methyl sites for hydroxylation is 1. The molecule has 1 heterocycles. The summed E-state index contributed by atoms with van der Waals surface area (Å²) in [7, 11) is 0. The second-order valence-electron chi connectivity index (χ2n) is 4.92. The number of nitro groups is 1. The van der Waals surface area contributed by atoms with E-state index in [0.29, 0.717) is 17.3 Å². The molecule has 0 fully saturated rings. The first-order valence-corrected chi connectivity index (χ1v) is 6.89. The summed E-state index contributed by atoms with van der Waals surface area (Å²) >= 11 is 0. The molecule has 0 saturated heterocycles. The summed E-state index contributed by atoms with van der Waals surface area (Å²) in [4.78, 5) is 14.4. The maximum absolute atomic E-state index is 10.6. The van der Waals surface area contributed by atoms with Crippen LogP contribution in [0.4, 0.5) is 5.69 Å². The molecule has 0 saturated carbocycles. The molecule has 0 N–H and O–H groups in total. The van der Waals surface area contributed by atoms with Gasteiger partial charge in [0.15, 0.2) is 6.61 Å². The fraction of sp³-hybridized carbons (Fsp3) is 0.125. The molecule has 3 aromatic rings. The highest BCUT2D eigenvalue weighted by molar-refractivity contribution is 5.56. The number of nitrogens with zero attached hydrogens (tertiary/aromatic N) is 3. The molecular formula is C16H13N3O4. The standard InChI is InChI=1S/C16H13N3O4/c1-11-3-2-4-14(9-11)22-10-15-17-16(18-23-15)12-5-7-13(8-6-12)19(20)21/h2-9H,10H2,1H3. The minimum absolute atomic E-state index is 0.0141. The highest BCUT2D eigenvalue weighted by Crippen LogP contribution is 2.20. The third-order valence-electron chi connectivity index (χ3n) is 3.16. The van der Waals surface area contributed by atoms with Crippen molar-refractivity contribution in [2.75, 3.05) is 0 Å². The molecule has 0 bridgehead atoms. The Morgan fingerprint density at radius 2 is 2.00 bits per heavy atom. The smallest absolute Gasteiger partial charge is 0.269 e. The highest BCUT2D eigenvalue weighted by Gasteiger charge is 2.11. The number of rotatable bonds is 5. The van der Waals surface area contributed by atoms with Crippen molar-refractivity contribution < 1.29 is 14.2 Å². The molecule has 7 nitrogen and oxygen atoms in total. The predicted molar refractivity (Wildman–Crippen MR) is 81.9 cm³/mol. The average molecular weight is 311 g/mol. The molecule has 0 aliphatic carbocycles. The maximum Gasteiger partial charge on any atom is 0.269 e. The van der Waals surface area contributed by atoms with Crippen molar-refractivity contribution in [1.82, 2.24) is 10.1 Å². The number of hydrogen-bond acceptors (Lipinski definition) is 6. The Labute approximate surface area is 131 Å². The number of hydrogen-bond donors (Lipinski definition) is 0. The molecule has 0 aliphatic heterocycles. The van der Waals surface area contributed by atoms with Crippen LogP contribution in [0.15, 0.2) is 53.1 Å². The zero-order chi connectivity index (χ0) is 16.2. The van der Waals surface area contributed by atoms with Gasteiger partial charge in [0, 0.05) is 17.7 Å². The van der Waals surface area contributed by atoms with Crippen LogP contribution >= 0.6 is 0 Å². The van der Waals surface area contributed by atoms with Crippen molar-refractivity contribution in [3.8, 4) is 17.1 Å². The number of nitro benzene ring substituents is 1. The van der Waals surface area contributed by atoms with Gasteiger partial charge in [-0.05, 0) is 36.8 Å². The molecular weight excluding hydrogens is 298 g/mol. The first-order chi connectivity index (χ1) is 11.1. The molecule has 2 aromatic carbocycles. The van der Waals surface area contributed by atoms with Gasteiger partial charge in [-0.25, -0.2) is 0 Å². The van der Waals surface area contributed by atoms with Gasteiger partial charge < -0.3 is 9.26 Å². The van der Waals surface area contributed by atoms with E-state index in [0.717, 1.165) is 11.3 Å². The largest absolute Gasteiger partial charge is 0.484 e. The molecule has 0 unspecified atom stereocenters. The fourth-order valence-corrected chi connectivity index (χ4v) is 2.01. The number of aromatic nitrogens is 2. The summed E-state index contributed by atoms with van der Waals surface area (Å²) < 4.78 is 10.7. The van der Waals surface area contributed by atoms with Crippen LogP contribution in [0, 0.1) is 17.0 Å². The van der Waals surface area contributed by atoms with Gasteiger partial charge in [0.05, 0.1) is 4.92 Å². The van der Waals surface area contributed by atoms with Gasteiger partial charge in [-0.1, -0.05) is 17.3 Å². The van der Waals surface area contributed by atoms with E-state index in [2.05, 4.69) is 10.1 Å². The Kier molecular flexibility index (Phi) is 4.01. The van der Waals surface area contributed by atoms with E-state index in [-0.39, 0.29) is 12.3 Å². The van der Waals surface area contributed by atoms with Crippen LogP contribution in [0.2, 0.25) is 0 Å². The molecule has 0 amide bonds. The monoisotopic (exact) mass is 311 g/mol. The summed E-state index contributed by atoms with van der Waals surface area (Å²) in [5.41, 5.74) is 1.75. The number of benzene rings is 2. The third-order valence-corrected chi connectivity index (χ3v) is 3.16. The lowest BCUT2D eigenvalue weighted by Crippen LogP contribution is -1.95. The van der Waals surface area contributed by atoms with Gasteiger partial charge in [-0.3, -0.25) is 10.1 Å². The van der Waals surface area contributed by atoms with Crippen LogP contribution in [0.1, 0.15) is 11.5 Å². The van der Waals surface area contributed by atoms with Crippen molar-refractivity contribution in [2.45, 2.75) is 13.5 Å². The van der Waals surface area contributed by atoms with Crippen molar-refractivity contribution in [2.24, 2.45) is 0 Å². The third kappa shape index (κ3) is 3.52. The molecule has 116 valence electrons. The molecule has 3 rings (SSSR count). The number of ether oxygens (including phenoxy) is 1. The summed E-state index contributed by atoms with van der Waals surface area (Å²) in [6.07, 6.45) is 0. The quantitative estimate of drug-likeness (QED) is 0.528. The Hall–Kier alpha value is -3.22. The van der Waals surface area contributed by atoms with Crippen molar-refractivity contribution in [1.29, 1.82) is 0 Å². The highest BCUT2D eigenvalue weighted by atomic mass is 16.6. The Morgan fingerprint density at radius 3 is 2.70 bits per heavy atom. The maximum atomic E-state index is 10.6. The van der Waals surface area contributed by atoms with Crippen LogP contribution in [0.5, 0.6) is 5.75 Å². The lowest BCUT2D eigenvalue weighted by Gasteiger charge is -2.03. The van der Waals surface area contributed by atoms with Gasteiger partial charge in [-0.15, -0.1) is 0 Å². The van der Waals surface area contributed by atoms with Gasteiger partial charge in [0.25, 0.3) is 11.6 Å². The van der Waals surface area contributed by atoms with Crippen LogP contribution in [0.25, 0.3) is 11.4 Å². The zero-order valence-electron chi connectivity index (χ0n) is 12.3. The van der Waals surface area contributed by atoms with Gasteiger partial charge in [-0.2, -0.15) is 4.98 Å². The summed E-state index contributed by atoms with van der Waals surface area (Å²) in [6, 6.07) is 13.6. The zero-order valence-corrected chi connectivity index (χ0v) is 12.3. The normalized spacial score (nSPS) is 10.5. The lowest BCUT2D eigenvalue weighted by molar-refractivity contribution is -0.384. The van der Waals surface area contributed by atoms with E-state index >= 15 is 0 Å². The molecule has 0 spiro atoms. The topological polar surface area (TPSA) is 91.3 Å². The van der Waals surface area contributed by atoms with E-state index in [1.807, 2.05) is 31.2 Å². The Bertz CT molecular complexity index is 827. The lowest BCUT2D eigenvalue weighted by atomic mass is 10.2. The van der Waals surface area contributed by atoms with E-state index in [4.69, 9.17) is 9.26 Å². The van der Waals surface area contributed by atoms with E-state index in [1.54, 1.807) is 12.1 Å². The van der Waals surface area contributed by atoms with E-state index in [9.17, 15) is 10.1 Å².